The van der Waals surface area contributed by atoms with Crippen molar-refractivity contribution in [1.29, 1.82) is 0 Å². The van der Waals surface area contributed by atoms with Gasteiger partial charge in [0.05, 0.1) is 11.7 Å². The number of rotatable bonds is 4. The van der Waals surface area contributed by atoms with Crippen molar-refractivity contribution in [1.82, 2.24) is 25.4 Å². The quantitative estimate of drug-likeness (QED) is 0.869. The minimum Gasteiger partial charge on any atom is -0.348 e. The maximum atomic E-state index is 12.9. The zero-order chi connectivity index (χ0) is 18.6. The molecule has 1 atom stereocenters. The van der Waals surface area contributed by atoms with Crippen LogP contribution in [0.15, 0.2) is 30.6 Å². The lowest BCUT2D eigenvalue weighted by Crippen LogP contribution is -2.38. The van der Waals surface area contributed by atoms with Gasteiger partial charge < -0.3 is 10.2 Å². The third-order valence-electron chi connectivity index (χ3n) is 5.57. The SMILES string of the molecule is O=C(NC1CCCC1)c1cc(C2CCCCN2C(=O)c2ccncc2)[nH]n1. The van der Waals surface area contributed by atoms with Gasteiger partial charge in [0.2, 0.25) is 0 Å². The first-order valence-electron chi connectivity index (χ1n) is 9.79. The summed E-state index contributed by atoms with van der Waals surface area (Å²) in [5, 5.41) is 10.3. The Balaban J connectivity index is 1.50. The molecule has 0 radical (unpaired) electrons. The summed E-state index contributed by atoms with van der Waals surface area (Å²) in [5.74, 6) is -0.138. The lowest BCUT2D eigenvalue weighted by Gasteiger charge is -2.35. The molecular formula is C20H25N5O2. The molecule has 2 aromatic rings. The number of hydrogen-bond donors (Lipinski definition) is 2. The standard InChI is InChI=1S/C20H25N5O2/c26-19(22-15-5-1-2-6-15)17-13-16(23-24-17)18-7-3-4-12-25(18)20(27)14-8-10-21-11-9-14/h8-11,13,15,18H,1-7,12H2,(H,22,26)(H,23,24). The van der Waals surface area contributed by atoms with Gasteiger partial charge in [-0.1, -0.05) is 12.8 Å². The van der Waals surface area contributed by atoms with Crippen LogP contribution in [-0.4, -0.2) is 44.5 Å². The molecule has 3 heterocycles. The van der Waals surface area contributed by atoms with Crippen LogP contribution in [0.2, 0.25) is 0 Å². The van der Waals surface area contributed by atoms with Gasteiger partial charge in [-0.2, -0.15) is 5.10 Å². The molecule has 27 heavy (non-hydrogen) atoms. The Morgan fingerprint density at radius 3 is 2.59 bits per heavy atom. The molecule has 0 aromatic carbocycles. The first kappa shape index (κ1) is 17.7. The number of aromatic amines is 1. The Bertz CT molecular complexity index is 798. The highest BCUT2D eigenvalue weighted by Crippen LogP contribution is 2.31. The summed E-state index contributed by atoms with van der Waals surface area (Å²) in [5.41, 5.74) is 1.86. The largest absolute Gasteiger partial charge is 0.348 e. The van der Waals surface area contributed by atoms with Crippen molar-refractivity contribution in [2.75, 3.05) is 6.54 Å². The second kappa shape index (κ2) is 7.90. The molecule has 2 aromatic heterocycles. The molecule has 0 bridgehead atoms. The number of likely N-dealkylation sites (tertiary alicyclic amines) is 1. The van der Waals surface area contributed by atoms with Gasteiger partial charge >= 0.3 is 0 Å². The van der Waals surface area contributed by atoms with Gasteiger partial charge in [0.15, 0.2) is 0 Å². The summed E-state index contributed by atoms with van der Waals surface area (Å²) >= 11 is 0. The lowest BCUT2D eigenvalue weighted by atomic mass is 9.98. The predicted octanol–water partition coefficient (Wildman–Crippen LogP) is 2.84. The Labute approximate surface area is 158 Å². The van der Waals surface area contributed by atoms with E-state index >= 15 is 0 Å². The van der Waals surface area contributed by atoms with Crippen LogP contribution in [-0.2, 0) is 0 Å². The number of piperidine rings is 1. The molecule has 1 aliphatic carbocycles. The first-order valence-corrected chi connectivity index (χ1v) is 9.79. The molecule has 2 aliphatic rings. The van der Waals surface area contributed by atoms with E-state index in [4.69, 9.17) is 0 Å². The van der Waals surface area contributed by atoms with Crippen molar-refractivity contribution >= 4 is 11.8 Å². The molecular weight excluding hydrogens is 342 g/mol. The summed E-state index contributed by atoms with van der Waals surface area (Å²) in [6.45, 7) is 0.703. The second-order valence-corrected chi connectivity index (χ2v) is 7.41. The van der Waals surface area contributed by atoms with Crippen LogP contribution in [0.3, 0.4) is 0 Å². The normalized spacial score (nSPS) is 20.6. The number of amides is 2. The molecule has 2 amide bonds. The number of nitrogens with zero attached hydrogens (tertiary/aromatic N) is 3. The molecule has 2 N–H and O–H groups in total. The fourth-order valence-corrected chi connectivity index (χ4v) is 4.11. The van der Waals surface area contributed by atoms with Crippen LogP contribution in [0.1, 0.15) is 77.5 Å². The molecule has 142 valence electrons. The maximum absolute atomic E-state index is 12.9. The van der Waals surface area contributed by atoms with Crippen LogP contribution in [0, 0.1) is 0 Å². The van der Waals surface area contributed by atoms with Gasteiger partial charge in [-0.05, 0) is 50.3 Å². The zero-order valence-electron chi connectivity index (χ0n) is 15.4. The van der Waals surface area contributed by atoms with Gasteiger partial charge in [0.25, 0.3) is 11.8 Å². The minimum atomic E-state index is -0.132. The minimum absolute atomic E-state index is 0.00587. The molecule has 7 nitrogen and oxygen atoms in total. The average Bonchev–Trinajstić information content (AvgIpc) is 3.40. The molecule has 1 aliphatic heterocycles. The van der Waals surface area contributed by atoms with Crippen LogP contribution in [0.25, 0.3) is 0 Å². The van der Waals surface area contributed by atoms with Gasteiger partial charge in [0.1, 0.15) is 5.69 Å². The summed E-state index contributed by atoms with van der Waals surface area (Å²) in [6, 6.07) is 5.45. The molecule has 1 saturated heterocycles. The molecule has 0 spiro atoms. The van der Waals surface area contributed by atoms with Gasteiger partial charge in [0, 0.05) is 30.5 Å². The summed E-state index contributed by atoms with van der Waals surface area (Å²) < 4.78 is 0. The third-order valence-corrected chi connectivity index (χ3v) is 5.57. The number of carbonyl (C=O) groups excluding carboxylic acids is 2. The summed E-state index contributed by atoms with van der Waals surface area (Å²) in [6.07, 6.45) is 10.6. The van der Waals surface area contributed by atoms with Gasteiger partial charge in [-0.25, -0.2) is 0 Å². The topological polar surface area (TPSA) is 91.0 Å². The second-order valence-electron chi connectivity index (χ2n) is 7.41. The van der Waals surface area contributed by atoms with Crippen LogP contribution in [0.5, 0.6) is 0 Å². The van der Waals surface area contributed by atoms with Gasteiger partial charge in [-0.15, -0.1) is 0 Å². The van der Waals surface area contributed by atoms with Crippen LogP contribution < -0.4 is 5.32 Å². The molecule has 7 heteroatoms. The molecule has 1 saturated carbocycles. The van der Waals surface area contributed by atoms with E-state index in [1.165, 1.54) is 12.8 Å². The maximum Gasteiger partial charge on any atom is 0.271 e. The number of H-pyrrole nitrogens is 1. The number of aromatic nitrogens is 3. The van der Waals surface area contributed by atoms with Crippen molar-refractivity contribution in [3.05, 3.63) is 47.5 Å². The van der Waals surface area contributed by atoms with E-state index in [2.05, 4.69) is 20.5 Å². The van der Waals surface area contributed by atoms with E-state index in [9.17, 15) is 9.59 Å². The fourth-order valence-electron chi connectivity index (χ4n) is 4.11. The van der Waals surface area contributed by atoms with E-state index < -0.39 is 0 Å². The van der Waals surface area contributed by atoms with E-state index in [-0.39, 0.29) is 23.9 Å². The Morgan fingerprint density at radius 2 is 1.81 bits per heavy atom. The average molecular weight is 367 g/mol. The van der Waals surface area contributed by atoms with E-state index in [0.717, 1.165) is 37.8 Å². The first-order chi connectivity index (χ1) is 13.2. The third kappa shape index (κ3) is 3.86. The number of nitrogens with one attached hydrogen (secondary N) is 2. The lowest BCUT2D eigenvalue weighted by molar-refractivity contribution is 0.0606. The van der Waals surface area contributed by atoms with Crippen LogP contribution in [0.4, 0.5) is 0 Å². The molecule has 2 fully saturated rings. The van der Waals surface area contributed by atoms with Gasteiger partial charge in [-0.3, -0.25) is 19.7 Å². The summed E-state index contributed by atoms with van der Waals surface area (Å²) in [4.78, 5) is 31.3. The molecule has 4 rings (SSSR count). The highest BCUT2D eigenvalue weighted by atomic mass is 16.2. The van der Waals surface area contributed by atoms with Crippen molar-refractivity contribution in [3.8, 4) is 0 Å². The molecule has 1 unspecified atom stereocenters. The highest BCUT2D eigenvalue weighted by Gasteiger charge is 2.30. The Hall–Kier alpha value is -2.70. The van der Waals surface area contributed by atoms with Crippen molar-refractivity contribution in [2.45, 2.75) is 57.0 Å². The van der Waals surface area contributed by atoms with Crippen molar-refractivity contribution < 1.29 is 9.59 Å². The monoisotopic (exact) mass is 367 g/mol. The van der Waals surface area contributed by atoms with E-state index in [0.29, 0.717) is 17.8 Å². The predicted molar refractivity (Wildman–Crippen MR) is 100 cm³/mol. The zero-order valence-corrected chi connectivity index (χ0v) is 15.4. The van der Waals surface area contributed by atoms with E-state index in [1.54, 1.807) is 30.6 Å². The Kier molecular flexibility index (Phi) is 5.18. The van der Waals surface area contributed by atoms with Crippen molar-refractivity contribution in [2.24, 2.45) is 0 Å². The smallest absolute Gasteiger partial charge is 0.271 e. The van der Waals surface area contributed by atoms with Crippen LogP contribution >= 0.6 is 0 Å². The highest BCUT2D eigenvalue weighted by molar-refractivity contribution is 5.94. The fraction of sp³-hybridized carbons (Fsp3) is 0.500. The number of carbonyl (C=O) groups is 2. The summed E-state index contributed by atoms with van der Waals surface area (Å²) in [7, 11) is 0. The van der Waals surface area contributed by atoms with E-state index in [1.807, 2.05) is 4.90 Å². The van der Waals surface area contributed by atoms with Crippen molar-refractivity contribution in [3.63, 3.8) is 0 Å². The number of hydrogen-bond acceptors (Lipinski definition) is 4. The number of pyridine rings is 1. The Morgan fingerprint density at radius 1 is 1.07 bits per heavy atom.